The number of hydrogen-bond donors (Lipinski definition) is 2. The number of fused-ring (bicyclic) bond motifs is 5. The lowest BCUT2D eigenvalue weighted by Gasteiger charge is -2.70. The van der Waals surface area contributed by atoms with Crippen molar-refractivity contribution in [2.45, 2.75) is 114 Å². The smallest absolute Gasteiger partial charge is 0.162 e. The number of rotatable bonds is 13. The molecule has 10 heteroatoms. The predicted molar refractivity (Wildman–Crippen MR) is 154 cm³/mol. The van der Waals surface area contributed by atoms with Crippen molar-refractivity contribution in [3.63, 3.8) is 0 Å². The van der Waals surface area contributed by atoms with Crippen molar-refractivity contribution in [2.24, 2.45) is 28.6 Å². The third kappa shape index (κ3) is 5.46. The van der Waals surface area contributed by atoms with Crippen LogP contribution in [0, 0.1) is 40.9 Å². The fourth-order valence-corrected chi connectivity index (χ4v) is 9.59. The first-order chi connectivity index (χ1) is 19.8. The lowest BCUT2D eigenvalue weighted by Crippen LogP contribution is -2.75. The van der Waals surface area contributed by atoms with E-state index < -0.39 is 40.0 Å². The lowest BCUT2D eigenvalue weighted by atomic mass is 9.40. The second-order valence-electron chi connectivity index (χ2n) is 13.8. The summed E-state index contributed by atoms with van der Waals surface area (Å²) in [6.45, 7) is 8.45. The third-order valence-corrected chi connectivity index (χ3v) is 11.7. The Kier molecular flexibility index (Phi) is 10.4. The number of hydrogen-bond acceptors (Lipinski definition) is 10. The maximum absolute atomic E-state index is 12.7. The molecule has 11 atom stereocenters. The van der Waals surface area contributed by atoms with E-state index in [2.05, 4.69) is 19.8 Å². The van der Waals surface area contributed by atoms with Gasteiger partial charge in [0.25, 0.3) is 0 Å². The molecule has 0 bridgehead atoms. The maximum atomic E-state index is 12.7. The molecule has 0 radical (unpaired) electrons. The first kappa shape index (κ1) is 34.0. The van der Waals surface area contributed by atoms with Gasteiger partial charge in [0.05, 0.1) is 29.5 Å². The van der Waals surface area contributed by atoms with Crippen molar-refractivity contribution in [2.75, 3.05) is 48.8 Å². The second-order valence-corrected chi connectivity index (χ2v) is 13.8. The highest BCUT2D eigenvalue weighted by Crippen LogP contribution is 2.72. The van der Waals surface area contributed by atoms with Crippen LogP contribution in [-0.2, 0) is 37.9 Å². The topological polar surface area (TPSA) is 114 Å². The van der Waals surface area contributed by atoms with Crippen LogP contribution in [0.15, 0.2) is 0 Å². The zero-order valence-corrected chi connectivity index (χ0v) is 26.9. The van der Waals surface area contributed by atoms with Gasteiger partial charge in [0.1, 0.15) is 26.5 Å². The van der Waals surface area contributed by atoms with Crippen LogP contribution in [0.25, 0.3) is 0 Å². The lowest BCUT2D eigenvalue weighted by molar-refractivity contribution is -0.355. The zero-order valence-electron chi connectivity index (χ0n) is 26.9. The van der Waals surface area contributed by atoms with Gasteiger partial charge >= 0.3 is 0 Å². The summed E-state index contributed by atoms with van der Waals surface area (Å²) in [5, 5.41) is 23.8. The molecule has 4 fully saturated rings. The molecule has 0 amide bonds. The van der Waals surface area contributed by atoms with Crippen LogP contribution in [-0.4, -0.2) is 100 Å². The minimum Gasteiger partial charge on any atom is -0.389 e. The first-order valence-electron chi connectivity index (χ1n) is 15.3. The van der Waals surface area contributed by atoms with Crippen LogP contribution in [0.2, 0.25) is 0 Å². The van der Waals surface area contributed by atoms with Crippen molar-refractivity contribution < 1.29 is 48.1 Å². The summed E-state index contributed by atoms with van der Waals surface area (Å²) in [5.41, 5.74) is -3.06. The molecule has 0 aliphatic heterocycles. The normalized spacial score (nSPS) is 44.1. The SMILES string of the molecule is C#CC(O)[C@H]1CC[C@]2(OCOC)C3CC[C@]4(O)C[C@@H](OCOC)C[C@@H](OC(C)(C)OC)[C@]4(C)C3[C@H](OCOC)C[C@]12C. The number of terminal acetylenes is 1. The van der Waals surface area contributed by atoms with Gasteiger partial charge in [-0.1, -0.05) is 19.8 Å². The van der Waals surface area contributed by atoms with E-state index in [0.717, 1.165) is 12.8 Å². The fraction of sp³-hybridized carbons (Fsp3) is 0.938. The van der Waals surface area contributed by atoms with Gasteiger partial charge in [0.15, 0.2) is 5.79 Å². The molecule has 0 aromatic heterocycles. The molecule has 0 heterocycles. The largest absolute Gasteiger partial charge is 0.389 e. The van der Waals surface area contributed by atoms with E-state index in [9.17, 15) is 10.2 Å². The van der Waals surface area contributed by atoms with E-state index in [1.54, 1.807) is 28.4 Å². The minimum absolute atomic E-state index is 0.0401. The summed E-state index contributed by atoms with van der Waals surface area (Å²) in [4.78, 5) is 0. The van der Waals surface area contributed by atoms with E-state index in [0.29, 0.717) is 32.1 Å². The number of methoxy groups -OCH3 is 4. The molecule has 0 saturated heterocycles. The summed E-state index contributed by atoms with van der Waals surface area (Å²) >= 11 is 0. The molecular weight excluding hydrogens is 544 g/mol. The van der Waals surface area contributed by atoms with E-state index in [1.807, 2.05) is 13.8 Å². The molecule has 4 rings (SSSR count). The van der Waals surface area contributed by atoms with Gasteiger partial charge in [0.2, 0.25) is 0 Å². The van der Waals surface area contributed by atoms with Crippen LogP contribution < -0.4 is 0 Å². The van der Waals surface area contributed by atoms with Gasteiger partial charge in [-0.3, -0.25) is 0 Å². The monoisotopic (exact) mass is 598 g/mol. The van der Waals surface area contributed by atoms with Crippen molar-refractivity contribution >= 4 is 0 Å². The van der Waals surface area contributed by atoms with Crippen molar-refractivity contribution in [3.8, 4) is 12.3 Å². The Morgan fingerprint density at radius 1 is 0.952 bits per heavy atom. The molecule has 2 N–H and O–H groups in total. The van der Waals surface area contributed by atoms with Gasteiger partial charge < -0.3 is 48.1 Å². The third-order valence-electron chi connectivity index (χ3n) is 11.7. The Labute approximate surface area is 252 Å². The van der Waals surface area contributed by atoms with Gasteiger partial charge in [-0.05, 0) is 51.9 Å². The van der Waals surface area contributed by atoms with Crippen LogP contribution in [0.4, 0.5) is 0 Å². The average molecular weight is 599 g/mol. The van der Waals surface area contributed by atoms with E-state index >= 15 is 0 Å². The van der Waals surface area contributed by atoms with Crippen molar-refractivity contribution in [1.29, 1.82) is 0 Å². The van der Waals surface area contributed by atoms with Gasteiger partial charge in [0, 0.05) is 63.9 Å². The Morgan fingerprint density at radius 2 is 1.62 bits per heavy atom. The summed E-state index contributed by atoms with van der Waals surface area (Å²) < 4.78 is 48.1. The molecule has 0 aromatic carbocycles. The van der Waals surface area contributed by atoms with E-state index in [4.69, 9.17) is 44.3 Å². The first-order valence-corrected chi connectivity index (χ1v) is 15.3. The Balaban J connectivity index is 1.87. The van der Waals surface area contributed by atoms with Crippen molar-refractivity contribution in [3.05, 3.63) is 0 Å². The molecule has 242 valence electrons. The summed E-state index contributed by atoms with van der Waals surface area (Å²) in [5.74, 6) is 1.29. The molecule has 4 aliphatic rings. The highest BCUT2D eigenvalue weighted by atomic mass is 16.7. The Bertz CT molecular complexity index is 954. The highest BCUT2D eigenvalue weighted by molar-refractivity contribution is 5.25. The molecule has 42 heavy (non-hydrogen) atoms. The maximum Gasteiger partial charge on any atom is 0.162 e. The highest BCUT2D eigenvalue weighted by Gasteiger charge is 2.76. The van der Waals surface area contributed by atoms with E-state index in [-0.39, 0.29) is 50.3 Å². The second kappa shape index (κ2) is 12.9. The zero-order chi connectivity index (χ0) is 31.0. The molecule has 10 nitrogen and oxygen atoms in total. The molecule has 3 unspecified atom stereocenters. The van der Waals surface area contributed by atoms with Crippen molar-refractivity contribution in [1.82, 2.24) is 0 Å². The minimum atomic E-state index is -1.12. The number of ether oxygens (including phenoxy) is 8. The molecule has 0 aromatic rings. The summed E-state index contributed by atoms with van der Waals surface area (Å²) in [7, 11) is 6.45. The average Bonchev–Trinajstić information content (AvgIpc) is 3.26. The standard InChI is InChI=1S/C32H54O10/c1-10-24(33)22-12-14-32(41-20-37-8)23-11-13-31(34)16-21(39-18-35-6)15-26(42-28(2,3)38-9)30(31,5)27(23)25(40-19-36-7)17-29(22,32)4/h1,21-27,33-34H,11-20H2,2-9H3/t21-,22+,23?,24?,25+,26+,27?,29+,30+,31-,32-/m0/s1. The number of aliphatic hydroxyl groups is 2. The molecule has 0 spiro atoms. The van der Waals surface area contributed by atoms with Crippen LogP contribution in [0.5, 0.6) is 0 Å². The fourth-order valence-electron chi connectivity index (χ4n) is 9.59. The van der Waals surface area contributed by atoms with E-state index in [1.165, 1.54) is 0 Å². The Hall–Kier alpha value is -0.840. The Morgan fingerprint density at radius 3 is 2.24 bits per heavy atom. The summed E-state index contributed by atoms with van der Waals surface area (Å²) in [6, 6.07) is 0. The molecule has 4 saturated carbocycles. The van der Waals surface area contributed by atoms with Gasteiger partial charge in [-0.15, -0.1) is 6.42 Å². The quantitative estimate of drug-likeness (QED) is 0.241. The van der Waals surface area contributed by atoms with Crippen LogP contribution >= 0.6 is 0 Å². The molecule has 4 aliphatic carbocycles. The number of aliphatic hydroxyl groups excluding tert-OH is 1. The van der Waals surface area contributed by atoms with Gasteiger partial charge in [-0.25, -0.2) is 0 Å². The van der Waals surface area contributed by atoms with Crippen LogP contribution in [0.1, 0.15) is 72.6 Å². The van der Waals surface area contributed by atoms with Gasteiger partial charge in [-0.2, -0.15) is 0 Å². The summed E-state index contributed by atoms with van der Waals surface area (Å²) in [6.07, 6.45) is 8.08. The predicted octanol–water partition coefficient (Wildman–Crippen LogP) is 3.46. The molecular formula is C32H54O10. The van der Waals surface area contributed by atoms with Crippen LogP contribution in [0.3, 0.4) is 0 Å².